The predicted molar refractivity (Wildman–Crippen MR) is 89.2 cm³/mol. The Morgan fingerprint density at radius 2 is 1.36 bits per heavy atom. The molecule has 0 amide bonds. The maximum Gasteiger partial charge on any atom is 0.522 e. The molecule has 25 heavy (non-hydrogen) atoms. The average molecular weight is 362 g/mol. The van der Waals surface area contributed by atoms with Gasteiger partial charge >= 0.3 is 6.36 Å². The van der Waals surface area contributed by atoms with Crippen LogP contribution in [0, 0.1) is 29.6 Å². The van der Waals surface area contributed by atoms with E-state index in [0.29, 0.717) is 6.42 Å². The smallest absolute Gasteiger partial charge is 0.286 e. The first kappa shape index (κ1) is 19.4. The van der Waals surface area contributed by atoms with Gasteiger partial charge < -0.3 is 0 Å². The van der Waals surface area contributed by atoms with Gasteiger partial charge in [-0.1, -0.05) is 19.8 Å². The standard InChI is InChI=1S/C20H30F4O/c1-13-2-4-14(5-3-13)15-6-8-16(9-7-15)17-10-11-19(18(21)12-17)25-20(22,23)24/h13,15,17-19H,2-12H2,1H3. The van der Waals surface area contributed by atoms with E-state index < -0.39 is 18.6 Å². The van der Waals surface area contributed by atoms with E-state index in [1.807, 2.05) is 0 Å². The molecule has 1 nitrogen and oxygen atoms in total. The van der Waals surface area contributed by atoms with Gasteiger partial charge in [0.1, 0.15) is 6.17 Å². The van der Waals surface area contributed by atoms with Crippen molar-refractivity contribution in [2.45, 2.75) is 96.2 Å². The van der Waals surface area contributed by atoms with Crippen LogP contribution in [0.3, 0.4) is 0 Å². The van der Waals surface area contributed by atoms with Crippen molar-refractivity contribution >= 4 is 0 Å². The molecule has 3 fully saturated rings. The summed E-state index contributed by atoms with van der Waals surface area (Å²) in [4.78, 5) is 0. The topological polar surface area (TPSA) is 9.23 Å². The van der Waals surface area contributed by atoms with Crippen LogP contribution in [0.15, 0.2) is 0 Å². The molecule has 5 heteroatoms. The van der Waals surface area contributed by atoms with Crippen LogP contribution < -0.4 is 0 Å². The molecule has 0 heterocycles. The van der Waals surface area contributed by atoms with Crippen LogP contribution >= 0.6 is 0 Å². The van der Waals surface area contributed by atoms with E-state index in [1.165, 1.54) is 31.6 Å². The monoisotopic (exact) mass is 362 g/mol. The predicted octanol–water partition coefficient (Wildman–Crippen LogP) is 6.58. The number of alkyl halides is 4. The van der Waals surface area contributed by atoms with Crippen LogP contribution in [0.4, 0.5) is 17.6 Å². The fourth-order valence-corrected chi connectivity index (χ4v) is 5.11. The summed E-state index contributed by atoms with van der Waals surface area (Å²) in [6.45, 7) is 2.33. The lowest BCUT2D eigenvalue weighted by Crippen LogP contribution is -2.39. The zero-order valence-electron chi connectivity index (χ0n) is 15.1. The first-order valence-electron chi connectivity index (χ1n) is 9.89. The second-order valence-corrected chi connectivity index (χ2v) is 8.40. The fourth-order valence-electron chi connectivity index (χ4n) is 5.11. The van der Waals surface area contributed by atoms with Crippen LogP contribution in [-0.2, 0) is 4.74 Å². The number of ether oxygens (including phenoxy) is 1. The summed E-state index contributed by atoms with van der Waals surface area (Å²) in [7, 11) is 0. The second-order valence-electron chi connectivity index (χ2n) is 8.40. The number of halogens is 4. The molecule has 0 saturated heterocycles. The molecule has 3 unspecified atom stereocenters. The van der Waals surface area contributed by atoms with E-state index in [1.54, 1.807) is 5.92 Å². The number of hydrogen-bond acceptors (Lipinski definition) is 1. The van der Waals surface area contributed by atoms with Gasteiger partial charge in [-0.05, 0) is 87.4 Å². The summed E-state index contributed by atoms with van der Waals surface area (Å²) >= 11 is 0. The quantitative estimate of drug-likeness (QED) is 0.515. The van der Waals surface area contributed by atoms with Gasteiger partial charge in [-0.3, -0.25) is 4.74 Å². The van der Waals surface area contributed by atoms with E-state index in [4.69, 9.17) is 0 Å². The largest absolute Gasteiger partial charge is 0.522 e. The Hall–Kier alpha value is -0.320. The summed E-state index contributed by atoms with van der Waals surface area (Å²) in [5.41, 5.74) is 0. The van der Waals surface area contributed by atoms with Gasteiger partial charge in [-0.2, -0.15) is 0 Å². The summed E-state index contributed by atoms with van der Waals surface area (Å²) in [6, 6.07) is 0. The highest BCUT2D eigenvalue weighted by molar-refractivity contribution is 5.08. The normalized spacial score (nSPS) is 35.2. The van der Waals surface area contributed by atoms with E-state index in [0.717, 1.165) is 37.5 Å². The van der Waals surface area contributed by atoms with Crippen molar-refractivity contribution in [3.8, 4) is 0 Å². The lowest BCUT2D eigenvalue weighted by molar-refractivity contribution is -0.351. The van der Waals surface area contributed by atoms with Gasteiger partial charge in [-0.15, -0.1) is 13.2 Å². The Morgan fingerprint density at radius 3 is 1.92 bits per heavy atom. The number of hydrogen-bond donors (Lipinski definition) is 0. The molecule has 3 aliphatic rings. The Morgan fingerprint density at radius 1 is 0.800 bits per heavy atom. The van der Waals surface area contributed by atoms with Gasteiger partial charge in [0.2, 0.25) is 0 Å². The highest BCUT2D eigenvalue weighted by Crippen LogP contribution is 2.47. The van der Waals surface area contributed by atoms with Gasteiger partial charge in [-0.25, -0.2) is 4.39 Å². The molecule has 0 spiro atoms. The van der Waals surface area contributed by atoms with Crippen LogP contribution in [0.25, 0.3) is 0 Å². The molecular formula is C20H30F4O. The van der Waals surface area contributed by atoms with Crippen molar-refractivity contribution in [1.82, 2.24) is 0 Å². The zero-order valence-corrected chi connectivity index (χ0v) is 15.1. The van der Waals surface area contributed by atoms with Crippen molar-refractivity contribution in [2.24, 2.45) is 17.8 Å². The average Bonchev–Trinajstić information content (AvgIpc) is 2.56. The third-order valence-corrected chi connectivity index (χ3v) is 6.70. The molecular weight excluding hydrogens is 332 g/mol. The molecule has 2 radical (unpaired) electrons. The van der Waals surface area contributed by atoms with Gasteiger partial charge in [0.05, 0.1) is 6.10 Å². The number of rotatable bonds is 3. The maximum atomic E-state index is 14.1. The first-order chi connectivity index (χ1) is 11.8. The minimum atomic E-state index is -4.73. The van der Waals surface area contributed by atoms with Crippen molar-refractivity contribution in [3.05, 3.63) is 11.8 Å². The Bertz CT molecular complexity index is 408. The van der Waals surface area contributed by atoms with Crippen LogP contribution in [-0.4, -0.2) is 18.6 Å². The molecule has 0 aromatic rings. The molecule has 3 saturated carbocycles. The lowest BCUT2D eigenvalue weighted by Gasteiger charge is -2.41. The van der Waals surface area contributed by atoms with Gasteiger partial charge in [0.25, 0.3) is 0 Å². The SMILES string of the molecule is CC1CC[C](C2CC[C](C3CCC(OC(F)(F)F)C(F)C3)CC2)CC1. The van der Waals surface area contributed by atoms with Crippen LogP contribution in [0.1, 0.15) is 77.6 Å². The molecule has 3 atom stereocenters. The van der Waals surface area contributed by atoms with Crippen LogP contribution in [0.5, 0.6) is 0 Å². The second kappa shape index (κ2) is 8.14. The van der Waals surface area contributed by atoms with Crippen molar-refractivity contribution in [3.63, 3.8) is 0 Å². The van der Waals surface area contributed by atoms with Crippen LogP contribution in [0.2, 0.25) is 0 Å². The molecule has 0 bridgehead atoms. The maximum absolute atomic E-state index is 14.1. The molecule has 0 aromatic heterocycles. The van der Waals surface area contributed by atoms with Crippen molar-refractivity contribution in [2.75, 3.05) is 0 Å². The van der Waals surface area contributed by atoms with Gasteiger partial charge in [0.15, 0.2) is 0 Å². The Labute approximate surface area is 148 Å². The fraction of sp³-hybridized carbons (Fsp3) is 0.900. The van der Waals surface area contributed by atoms with Gasteiger partial charge in [0, 0.05) is 0 Å². The molecule has 3 rings (SSSR count). The highest BCUT2D eigenvalue weighted by Gasteiger charge is 2.42. The first-order valence-corrected chi connectivity index (χ1v) is 9.89. The summed E-state index contributed by atoms with van der Waals surface area (Å²) in [6.07, 6.45) is 3.03. The third-order valence-electron chi connectivity index (χ3n) is 6.70. The third kappa shape index (κ3) is 5.33. The molecule has 3 aliphatic carbocycles. The minimum absolute atomic E-state index is 0.153. The highest BCUT2D eigenvalue weighted by atomic mass is 19.4. The summed E-state index contributed by atoms with van der Waals surface area (Å²) in [5.74, 6) is 4.87. The van der Waals surface area contributed by atoms with E-state index in [2.05, 4.69) is 11.7 Å². The minimum Gasteiger partial charge on any atom is -0.286 e. The van der Waals surface area contributed by atoms with E-state index >= 15 is 0 Å². The molecule has 0 N–H and O–H groups in total. The summed E-state index contributed by atoms with van der Waals surface area (Å²) < 4.78 is 55.0. The molecule has 0 aromatic carbocycles. The van der Waals surface area contributed by atoms with Crippen molar-refractivity contribution < 1.29 is 22.3 Å². The zero-order chi connectivity index (χ0) is 18.0. The Kier molecular flexibility index (Phi) is 6.33. The molecule has 144 valence electrons. The van der Waals surface area contributed by atoms with Crippen molar-refractivity contribution in [1.29, 1.82) is 0 Å². The Balaban J connectivity index is 1.43. The molecule has 0 aliphatic heterocycles. The summed E-state index contributed by atoms with van der Waals surface area (Å²) in [5, 5.41) is 0. The lowest BCUT2D eigenvalue weighted by atomic mass is 9.65. The van der Waals surface area contributed by atoms with E-state index in [-0.39, 0.29) is 18.8 Å². The van der Waals surface area contributed by atoms with E-state index in [9.17, 15) is 17.6 Å².